The Morgan fingerprint density at radius 2 is 1.94 bits per heavy atom. The van der Waals surface area contributed by atoms with Crippen LogP contribution in [0.4, 0.5) is 16.3 Å². The van der Waals surface area contributed by atoms with Crippen LogP contribution in [0.5, 0.6) is 0 Å². The Labute approximate surface area is 97.4 Å². The molecule has 2 rings (SSSR count). The van der Waals surface area contributed by atoms with E-state index in [0.29, 0.717) is 17.3 Å². The summed E-state index contributed by atoms with van der Waals surface area (Å²) >= 11 is 0. The van der Waals surface area contributed by atoms with E-state index in [1.807, 2.05) is 0 Å². The van der Waals surface area contributed by atoms with E-state index >= 15 is 0 Å². The lowest BCUT2D eigenvalue weighted by atomic mass is 10.2. The second kappa shape index (κ2) is 4.28. The monoisotopic (exact) mass is 234 g/mol. The number of pyridine rings is 1. The summed E-state index contributed by atoms with van der Waals surface area (Å²) < 4.78 is 13.0. The van der Waals surface area contributed by atoms with Gasteiger partial charge in [-0.3, -0.25) is 4.98 Å². The van der Waals surface area contributed by atoms with E-state index in [2.05, 4.69) is 19.9 Å². The summed E-state index contributed by atoms with van der Waals surface area (Å²) in [6.45, 7) is 0. The maximum Gasteiger partial charge on any atom is 0.230 e. The first-order valence-electron chi connectivity index (χ1n) is 4.86. The van der Waals surface area contributed by atoms with Crippen molar-refractivity contribution >= 4 is 11.9 Å². The second-order valence-corrected chi connectivity index (χ2v) is 3.60. The van der Waals surface area contributed by atoms with Crippen molar-refractivity contribution in [2.45, 2.75) is 0 Å². The van der Waals surface area contributed by atoms with Gasteiger partial charge in [-0.2, -0.15) is 15.0 Å². The number of halogens is 1. The standard InChI is InChI=1S/C10H11FN6/c1-17(2)10-15-8(14-9(12)16-10)6-3-7(11)5-13-4-6/h3-5H,1-2H3,(H2,12,14,15,16). The predicted molar refractivity (Wildman–Crippen MR) is 61.8 cm³/mol. The van der Waals surface area contributed by atoms with E-state index in [4.69, 9.17) is 5.73 Å². The van der Waals surface area contributed by atoms with Crippen molar-refractivity contribution in [2.24, 2.45) is 0 Å². The number of nitrogens with two attached hydrogens (primary N) is 1. The van der Waals surface area contributed by atoms with Crippen molar-refractivity contribution in [1.82, 2.24) is 19.9 Å². The van der Waals surface area contributed by atoms with Crippen LogP contribution >= 0.6 is 0 Å². The van der Waals surface area contributed by atoms with Crippen LogP contribution in [-0.2, 0) is 0 Å². The predicted octanol–water partition coefficient (Wildman–Crippen LogP) is 0.721. The zero-order valence-electron chi connectivity index (χ0n) is 9.42. The van der Waals surface area contributed by atoms with Crippen molar-refractivity contribution in [2.75, 3.05) is 24.7 Å². The maximum atomic E-state index is 13.0. The van der Waals surface area contributed by atoms with E-state index in [1.54, 1.807) is 19.0 Å². The first-order valence-corrected chi connectivity index (χ1v) is 4.86. The zero-order chi connectivity index (χ0) is 12.4. The number of nitrogen functional groups attached to an aromatic ring is 1. The molecule has 0 spiro atoms. The molecule has 0 atom stereocenters. The highest BCUT2D eigenvalue weighted by Gasteiger charge is 2.09. The van der Waals surface area contributed by atoms with E-state index in [0.717, 1.165) is 6.20 Å². The van der Waals surface area contributed by atoms with Crippen LogP contribution in [0.25, 0.3) is 11.4 Å². The number of aromatic nitrogens is 4. The highest BCUT2D eigenvalue weighted by Crippen LogP contribution is 2.17. The molecule has 0 saturated carbocycles. The van der Waals surface area contributed by atoms with Crippen LogP contribution in [-0.4, -0.2) is 34.0 Å². The molecule has 2 aromatic heterocycles. The number of hydrogen-bond donors (Lipinski definition) is 1. The van der Waals surface area contributed by atoms with Crippen LogP contribution in [0.15, 0.2) is 18.5 Å². The Morgan fingerprint density at radius 3 is 2.59 bits per heavy atom. The summed E-state index contributed by atoms with van der Waals surface area (Å²) in [5, 5.41) is 0. The highest BCUT2D eigenvalue weighted by atomic mass is 19.1. The van der Waals surface area contributed by atoms with Gasteiger partial charge in [0.15, 0.2) is 5.82 Å². The van der Waals surface area contributed by atoms with Crippen LogP contribution < -0.4 is 10.6 Å². The largest absolute Gasteiger partial charge is 0.368 e. The fourth-order valence-electron chi connectivity index (χ4n) is 1.24. The van der Waals surface area contributed by atoms with Gasteiger partial charge in [0.1, 0.15) is 5.82 Å². The Hall–Kier alpha value is -2.31. The molecular weight excluding hydrogens is 223 g/mol. The molecule has 0 fully saturated rings. The molecule has 0 radical (unpaired) electrons. The smallest absolute Gasteiger partial charge is 0.230 e. The minimum atomic E-state index is -0.451. The zero-order valence-corrected chi connectivity index (χ0v) is 9.42. The van der Waals surface area contributed by atoms with Crippen LogP contribution in [0.1, 0.15) is 0 Å². The molecule has 2 N–H and O–H groups in total. The molecule has 0 aliphatic heterocycles. The van der Waals surface area contributed by atoms with Crippen LogP contribution in [0.3, 0.4) is 0 Å². The first-order chi connectivity index (χ1) is 8.06. The van der Waals surface area contributed by atoms with Crippen molar-refractivity contribution in [3.05, 3.63) is 24.3 Å². The molecule has 0 aliphatic rings. The average molecular weight is 234 g/mol. The Bertz CT molecular complexity index is 542. The van der Waals surface area contributed by atoms with Gasteiger partial charge in [0, 0.05) is 25.9 Å². The summed E-state index contributed by atoms with van der Waals surface area (Å²) in [4.78, 5) is 17.5. The lowest BCUT2D eigenvalue weighted by Crippen LogP contribution is -2.15. The third-order valence-corrected chi connectivity index (χ3v) is 2.00. The van der Waals surface area contributed by atoms with Gasteiger partial charge in [-0.25, -0.2) is 4.39 Å². The van der Waals surface area contributed by atoms with Gasteiger partial charge in [0.25, 0.3) is 0 Å². The molecule has 2 aromatic rings. The fourth-order valence-corrected chi connectivity index (χ4v) is 1.24. The summed E-state index contributed by atoms with van der Waals surface area (Å²) in [6.07, 6.45) is 2.58. The molecule has 0 unspecified atom stereocenters. The molecule has 0 aliphatic carbocycles. The Kier molecular flexibility index (Phi) is 2.82. The number of anilines is 2. The van der Waals surface area contributed by atoms with Gasteiger partial charge in [0.2, 0.25) is 11.9 Å². The van der Waals surface area contributed by atoms with Gasteiger partial charge in [-0.05, 0) is 6.07 Å². The molecule has 6 nitrogen and oxygen atoms in total. The average Bonchev–Trinajstić information content (AvgIpc) is 2.28. The van der Waals surface area contributed by atoms with E-state index in [1.165, 1.54) is 12.3 Å². The second-order valence-electron chi connectivity index (χ2n) is 3.60. The van der Waals surface area contributed by atoms with Gasteiger partial charge in [0.05, 0.1) is 6.20 Å². The summed E-state index contributed by atoms with van der Waals surface area (Å²) in [5.74, 6) is 0.348. The molecule has 0 saturated heterocycles. The minimum Gasteiger partial charge on any atom is -0.368 e. The molecule has 17 heavy (non-hydrogen) atoms. The van der Waals surface area contributed by atoms with Gasteiger partial charge in [-0.1, -0.05) is 0 Å². The number of nitrogens with zero attached hydrogens (tertiary/aromatic N) is 5. The first kappa shape index (κ1) is 11.2. The van der Waals surface area contributed by atoms with Gasteiger partial charge < -0.3 is 10.6 Å². The Morgan fingerprint density at radius 1 is 1.18 bits per heavy atom. The van der Waals surface area contributed by atoms with Crippen LogP contribution in [0, 0.1) is 5.82 Å². The Balaban J connectivity index is 2.52. The lowest BCUT2D eigenvalue weighted by Gasteiger charge is -2.11. The van der Waals surface area contributed by atoms with Crippen molar-refractivity contribution in [3.8, 4) is 11.4 Å². The fraction of sp³-hybridized carbons (Fsp3) is 0.200. The molecule has 0 aromatic carbocycles. The van der Waals surface area contributed by atoms with E-state index in [-0.39, 0.29) is 5.95 Å². The van der Waals surface area contributed by atoms with Gasteiger partial charge in [-0.15, -0.1) is 0 Å². The van der Waals surface area contributed by atoms with Crippen molar-refractivity contribution in [3.63, 3.8) is 0 Å². The molecule has 2 heterocycles. The lowest BCUT2D eigenvalue weighted by molar-refractivity contribution is 0.622. The molecule has 7 heteroatoms. The summed E-state index contributed by atoms with van der Waals surface area (Å²) in [6, 6.07) is 1.29. The minimum absolute atomic E-state index is 0.0861. The quantitative estimate of drug-likeness (QED) is 0.824. The van der Waals surface area contributed by atoms with E-state index < -0.39 is 5.82 Å². The number of rotatable bonds is 2. The SMILES string of the molecule is CN(C)c1nc(N)nc(-c2cncc(F)c2)n1. The highest BCUT2D eigenvalue weighted by molar-refractivity contribution is 5.56. The molecule has 0 bridgehead atoms. The third-order valence-electron chi connectivity index (χ3n) is 2.00. The third kappa shape index (κ3) is 2.44. The van der Waals surface area contributed by atoms with Crippen molar-refractivity contribution in [1.29, 1.82) is 0 Å². The van der Waals surface area contributed by atoms with E-state index in [9.17, 15) is 4.39 Å². The van der Waals surface area contributed by atoms with Crippen LogP contribution in [0.2, 0.25) is 0 Å². The summed E-state index contributed by atoms with van der Waals surface area (Å²) in [5.41, 5.74) is 6.03. The molecular formula is C10H11FN6. The maximum absolute atomic E-state index is 13.0. The van der Waals surface area contributed by atoms with Gasteiger partial charge >= 0.3 is 0 Å². The summed E-state index contributed by atoms with van der Waals surface area (Å²) in [7, 11) is 3.56. The van der Waals surface area contributed by atoms with Crippen molar-refractivity contribution < 1.29 is 4.39 Å². The topological polar surface area (TPSA) is 80.8 Å². The molecule has 0 amide bonds. The normalized spacial score (nSPS) is 10.3. The number of hydrogen-bond acceptors (Lipinski definition) is 6. The molecule has 88 valence electrons.